The lowest BCUT2D eigenvalue weighted by molar-refractivity contribution is 0.475. The molecular weight excluding hydrogens is 308 g/mol. The molecule has 3 aromatic carbocycles. The summed E-state index contributed by atoms with van der Waals surface area (Å²) in [5.74, 6) is 0.285. The molecule has 1 N–H and O–H groups in total. The minimum Gasteiger partial charge on any atom is -0.508 e. The highest BCUT2D eigenvalue weighted by Gasteiger charge is 2.29. The van der Waals surface area contributed by atoms with E-state index in [1.807, 2.05) is 30.3 Å². The smallest absolute Gasteiger partial charge is 0.115 e. The fraction of sp³-hybridized carbons (Fsp3) is 0.136. The van der Waals surface area contributed by atoms with Gasteiger partial charge in [-0.05, 0) is 42.3 Å². The fourth-order valence-electron chi connectivity index (χ4n) is 3.21. The van der Waals surface area contributed by atoms with Crippen molar-refractivity contribution >= 4 is 11.4 Å². The van der Waals surface area contributed by atoms with Gasteiger partial charge in [0.15, 0.2) is 0 Å². The number of benzene rings is 3. The van der Waals surface area contributed by atoms with Gasteiger partial charge in [-0.3, -0.25) is 5.01 Å². The Morgan fingerprint density at radius 2 is 1.56 bits per heavy atom. The summed E-state index contributed by atoms with van der Waals surface area (Å²) in [4.78, 5) is 0. The number of aryl methyl sites for hydroxylation is 1. The first-order chi connectivity index (χ1) is 12.2. The van der Waals surface area contributed by atoms with E-state index in [4.69, 9.17) is 5.10 Å². The van der Waals surface area contributed by atoms with Gasteiger partial charge in [0.1, 0.15) is 5.75 Å². The summed E-state index contributed by atoms with van der Waals surface area (Å²) in [6, 6.07) is 26.3. The molecule has 0 aliphatic carbocycles. The Balaban J connectivity index is 1.73. The first kappa shape index (κ1) is 15.5. The van der Waals surface area contributed by atoms with E-state index in [1.165, 1.54) is 5.56 Å². The molecule has 3 aromatic rings. The molecule has 1 atom stereocenters. The van der Waals surface area contributed by atoms with Crippen molar-refractivity contribution in [1.82, 2.24) is 0 Å². The monoisotopic (exact) mass is 328 g/mol. The SMILES string of the molecule is Cc1ccc(C2=NN(c3ccccc3)C(c3ccc(O)cc3)C2)cc1. The molecule has 1 aliphatic rings. The number of anilines is 1. The van der Waals surface area contributed by atoms with Crippen LogP contribution in [-0.2, 0) is 0 Å². The van der Waals surface area contributed by atoms with E-state index in [-0.39, 0.29) is 11.8 Å². The highest BCUT2D eigenvalue weighted by Crippen LogP contribution is 2.36. The minimum absolute atomic E-state index is 0.124. The molecule has 1 aliphatic heterocycles. The van der Waals surface area contributed by atoms with Crippen LogP contribution in [-0.4, -0.2) is 10.8 Å². The van der Waals surface area contributed by atoms with Crippen LogP contribution >= 0.6 is 0 Å². The van der Waals surface area contributed by atoms with Crippen LogP contribution in [0.1, 0.15) is 29.2 Å². The molecule has 124 valence electrons. The second kappa shape index (κ2) is 6.44. The van der Waals surface area contributed by atoms with Crippen molar-refractivity contribution < 1.29 is 5.11 Å². The van der Waals surface area contributed by atoms with Crippen molar-refractivity contribution in [3.8, 4) is 5.75 Å². The van der Waals surface area contributed by atoms with Crippen LogP contribution in [0.2, 0.25) is 0 Å². The van der Waals surface area contributed by atoms with E-state index < -0.39 is 0 Å². The average molecular weight is 328 g/mol. The highest BCUT2D eigenvalue weighted by atomic mass is 16.3. The van der Waals surface area contributed by atoms with Crippen LogP contribution in [0.25, 0.3) is 0 Å². The molecule has 1 unspecified atom stereocenters. The summed E-state index contributed by atoms with van der Waals surface area (Å²) in [6.45, 7) is 2.09. The van der Waals surface area contributed by atoms with E-state index in [2.05, 4.69) is 48.3 Å². The molecule has 1 heterocycles. The van der Waals surface area contributed by atoms with E-state index in [0.717, 1.165) is 28.9 Å². The number of para-hydroxylation sites is 1. The number of hydrogen-bond acceptors (Lipinski definition) is 3. The van der Waals surface area contributed by atoms with Gasteiger partial charge in [0, 0.05) is 6.42 Å². The molecule has 0 saturated heterocycles. The van der Waals surface area contributed by atoms with Crippen LogP contribution in [0.4, 0.5) is 5.69 Å². The van der Waals surface area contributed by atoms with Crippen molar-refractivity contribution in [2.75, 3.05) is 5.01 Å². The van der Waals surface area contributed by atoms with E-state index in [1.54, 1.807) is 12.1 Å². The predicted octanol–water partition coefficient (Wildman–Crippen LogP) is 5.06. The quantitative estimate of drug-likeness (QED) is 0.730. The second-order valence-electron chi connectivity index (χ2n) is 6.40. The number of hydrazone groups is 1. The highest BCUT2D eigenvalue weighted by molar-refractivity contribution is 6.03. The van der Waals surface area contributed by atoms with Crippen molar-refractivity contribution in [1.29, 1.82) is 0 Å². The van der Waals surface area contributed by atoms with Gasteiger partial charge in [-0.2, -0.15) is 5.10 Å². The van der Waals surface area contributed by atoms with Gasteiger partial charge in [-0.25, -0.2) is 0 Å². The topological polar surface area (TPSA) is 35.8 Å². The third-order valence-corrected chi connectivity index (χ3v) is 4.59. The predicted molar refractivity (Wildman–Crippen MR) is 102 cm³/mol. The van der Waals surface area contributed by atoms with Crippen LogP contribution in [0, 0.1) is 6.92 Å². The van der Waals surface area contributed by atoms with Crippen LogP contribution in [0.5, 0.6) is 5.75 Å². The maximum absolute atomic E-state index is 9.60. The van der Waals surface area contributed by atoms with Crippen molar-refractivity contribution in [3.05, 3.63) is 95.6 Å². The third-order valence-electron chi connectivity index (χ3n) is 4.59. The molecular formula is C22H20N2O. The second-order valence-corrected chi connectivity index (χ2v) is 6.40. The number of nitrogens with zero attached hydrogens (tertiary/aromatic N) is 2. The molecule has 0 amide bonds. The Kier molecular flexibility index (Phi) is 3.98. The number of hydrogen-bond donors (Lipinski definition) is 1. The Hall–Kier alpha value is -3.07. The van der Waals surface area contributed by atoms with Gasteiger partial charge in [0.2, 0.25) is 0 Å². The molecule has 0 aromatic heterocycles. The first-order valence-corrected chi connectivity index (χ1v) is 8.48. The summed E-state index contributed by atoms with van der Waals surface area (Å²) < 4.78 is 0. The van der Waals surface area contributed by atoms with Crippen LogP contribution in [0.15, 0.2) is 84.0 Å². The summed E-state index contributed by atoms with van der Waals surface area (Å²) in [5.41, 5.74) is 5.71. The number of rotatable bonds is 3. The van der Waals surface area contributed by atoms with E-state index in [9.17, 15) is 5.11 Å². The zero-order valence-corrected chi connectivity index (χ0v) is 14.1. The third kappa shape index (κ3) is 3.13. The van der Waals surface area contributed by atoms with E-state index >= 15 is 0 Å². The number of aromatic hydroxyl groups is 1. The lowest BCUT2D eigenvalue weighted by Gasteiger charge is -2.24. The largest absolute Gasteiger partial charge is 0.508 e. The lowest BCUT2D eigenvalue weighted by Crippen LogP contribution is -2.18. The average Bonchev–Trinajstić information content (AvgIpc) is 3.09. The zero-order valence-electron chi connectivity index (χ0n) is 14.1. The van der Waals surface area contributed by atoms with Crippen LogP contribution < -0.4 is 5.01 Å². The summed E-state index contributed by atoms with van der Waals surface area (Å²) >= 11 is 0. The molecule has 0 bridgehead atoms. The van der Waals surface area contributed by atoms with Gasteiger partial charge < -0.3 is 5.11 Å². The molecule has 0 radical (unpaired) electrons. The standard InChI is InChI=1S/C22H20N2O/c1-16-7-9-17(10-8-16)21-15-22(18-11-13-20(25)14-12-18)24(23-21)19-5-3-2-4-6-19/h2-14,22,25H,15H2,1H3. The Bertz CT molecular complexity index is 884. The van der Waals surface area contributed by atoms with Gasteiger partial charge in [-0.15, -0.1) is 0 Å². The lowest BCUT2D eigenvalue weighted by atomic mass is 9.97. The summed E-state index contributed by atoms with van der Waals surface area (Å²) in [5, 5.41) is 16.6. The van der Waals surface area contributed by atoms with Crippen LogP contribution in [0.3, 0.4) is 0 Å². The van der Waals surface area contributed by atoms with Gasteiger partial charge in [0.25, 0.3) is 0 Å². The van der Waals surface area contributed by atoms with Gasteiger partial charge >= 0.3 is 0 Å². The number of phenols is 1. The molecule has 3 nitrogen and oxygen atoms in total. The van der Waals surface area contributed by atoms with Gasteiger partial charge in [0.05, 0.1) is 17.4 Å². The Labute approximate surface area is 147 Å². The molecule has 0 fully saturated rings. The maximum atomic E-state index is 9.60. The summed E-state index contributed by atoms with van der Waals surface area (Å²) in [6.07, 6.45) is 0.836. The molecule has 4 rings (SSSR count). The Morgan fingerprint density at radius 1 is 0.880 bits per heavy atom. The molecule has 0 spiro atoms. The normalized spacial score (nSPS) is 16.8. The van der Waals surface area contributed by atoms with Crippen molar-refractivity contribution in [2.45, 2.75) is 19.4 Å². The first-order valence-electron chi connectivity index (χ1n) is 8.48. The zero-order chi connectivity index (χ0) is 17.2. The van der Waals surface area contributed by atoms with Crippen molar-refractivity contribution in [3.63, 3.8) is 0 Å². The molecule has 0 saturated carbocycles. The van der Waals surface area contributed by atoms with E-state index in [0.29, 0.717) is 0 Å². The van der Waals surface area contributed by atoms with Gasteiger partial charge in [-0.1, -0.05) is 60.2 Å². The number of phenolic OH excluding ortho intramolecular Hbond substituents is 1. The molecule has 25 heavy (non-hydrogen) atoms. The minimum atomic E-state index is 0.124. The molecule has 3 heteroatoms. The maximum Gasteiger partial charge on any atom is 0.115 e. The fourth-order valence-corrected chi connectivity index (χ4v) is 3.21. The van der Waals surface area contributed by atoms with Crippen molar-refractivity contribution in [2.24, 2.45) is 5.10 Å². The summed E-state index contributed by atoms with van der Waals surface area (Å²) in [7, 11) is 0. The Morgan fingerprint density at radius 3 is 2.24 bits per heavy atom.